The third kappa shape index (κ3) is 4.88. The van der Waals surface area contributed by atoms with Gasteiger partial charge in [-0.05, 0) is 48.4 Å². The van der Waals surface area contributed by atoms with Crippen LogP contribution in [-0.2, 0) is 26.1 Å². The second kappa shape index (κ2) is 10.4. The van der Waals surface area contributed by atoms with Crippen LogP contribution in [0.15, 0.2) is 71.6 Å². The largest absolute Gasteiger partial charge is 0.493 e. The molecule has 1 amide bonds. The molecule has 0 aliphatic carbocycles. The Morgan fingerprint density at radius 3 is 2.11 bits per heavy atom. The van der Waals surface area contributed by atoms with Crippen molar-refractivity contribution in [3.8, 4) is 11.5 Å². The van der Waals surface area contributed by atoms with Crippen molar-refractivity contribution in [2.75, 3.05) is 31.0 Å². The number of sulfonamides is 1. The Labute approximate surface area is 215 Å². The Kier molecular flexibility index (Phi) is 7.21. The fourth-order valence-corrected chi connectivity index (χ4v) is 5.86. The summed E-state index contributed by atoms with van der Waals surface area (Å²) in [5.41, 5.74) is 2.52. The van der Waals surface area contributed by atoms with E-state index in [1.165, 1.54) is 49.9 Å². The van der Waals surface area contributed by atoms with Gasteiger partial charge in [-0.2, -0.15) is 0 Å². The van der Waals surface area contributed by atoms with Crippen LogP contribution < -0.4 is 19.1 Å². The average molecular weight is 523 g/mol. The zero-order valence-electron chi connectivity index (χ0n) is 20.8. The summed E-state index contributed by atoms with van der Waals surface area (Å²) >= 11 is 0. The molecule has 10 heteroatoms. The van der Waals surface area contributed by atoms with E-state index in [1.807, 2.05) is 30.3 Å². The highest BCUT2D eigenvalue weighted by atomic mass is 32.2. The van der Waals surface area contributed by atoms with Crippen LogP contribution >= 0.6 is 0 Å². The number of amides is 1. The van der Waals surface area contributed by atoms with E-state index >= 15 is 0 Å². The van der Waals surface area contributed by atoms with Crippen molar-refractivity contribution in [3.63, 3.8) is 0 Å². The standard InChI is InChI=1S/C27H26N2O7S/c1-17-21-14-23(34-2)24(35-3)15-22(21)29(16-18-8-6-5-7-9-18)37(32,33)25(17)26(30)28-20-12-10-19(11-13-20)27(31)36-4/h5-15H,16H2,1-4H3,(H,28,30). The Bertz CT molecular complexity index is 1480. The zero-order chi connectivity index (χ0) is 26.7. The highest BCUT2D eigenvalue weighted by Crippen LogP contribution is 2.45. The number of nitrogens with one attached hydrogen (secondary N) is 1. The van der Waals surface area contributed by atoms with E-state index in [0.29, 0.717) is 34.0 Å². The van der Waals surface area contributed by atoms with E-state index in [2.05, 4.69) is 10.1 Å². The van der Waals surface area contributed by atoms with Gasteiger partial charge in [0.25, 0.3) is 15.9 Å². The predicted octanol–water partition coefficient (Wildman–Crippen LogP) is 4.21. The van der Waals surface area contributed by atoms with Gasteiger partial charge in [0.05, 0.1) is 39.1 Å². The smallest absolute Gasteiger partial charge is 0.337 e. The van der Waals surface area contributed by atoms with Crippen LogP contribution in [0.2, 0.25) is 0 Å². The first-order chi connectivity index (χ1) is 17.7. The molecule has 1 aliphatic rings. The van der Waals surface area contributed by atoms with Gasteiger partial charge in [0.1, 0.15) is 0 Å². The molecule has 1 N–H and O–H groups in total. The molecule has 0 fully saturated rings. The highest BCUT2D eigenvalue weighted by Gasteiger charge is 2.40. The molecule has 0 unspecified atom stereocenters. The molecule has 0 radical (unpaired) electrons. The molecule has 0 bridgehead atoms. The number of allylic oxidation sites excluding steroid dienone is 1. The fourth-order valence-electron chi connectivity index (χ4n) is 4.13. The number of fused-ring (bicyclic) bond motifs is 1. The number of ether oxygens (including phenoxy) is 3. The minimum absolute atomic E-state index is 0.00351. The average Bonchev–Trinajstić information content (AvgIpc) is 2.90. The maximum absolute atomic E-state index is 13.9. The Morgan fingerprint density at radius 2 is 1.51 bits per heavy atom. The van der Waals surface area contributed by atoms with E-state index in [-0.39, 0.29) is 17.0 Å². The third-order valence-corrected chi connectivity index (χ3v) is 7.92. The molecule has 9 nitrogen and oxygen atoms in total. The van der Waals surface area contributed by atoms with Gasteiger partial charge in [-0.15, -0.1) is 0 Å². The molecule has 3 aromatic carbocycles. The first-order valence-electron chi connectivity index (χ1n) is 11.2. The summed E-state index contributed by atoms with van der Waals surface area (Å²) in [5, 5.41) is 2.64. The van der Waals surface area contributed by atoms with E-state index < -0.39 is 21.9 Å². The molecule has 0 atom stereocenters. The molecule has 3 aromatic rings. The van der Waals surface area contributed by atoms with Crippen LogP contribution in [0.1, 0.15) is 28.4 Å². The number of carbonyl (C=O) groups excluding carboxylic acids is 2. The first kappa shape index (κ1) is 25.8. The first-order valence-corrected chi connectivity index (χ1v) is 12.7. The number of nitrogens with zero attached hydrogens (tertiary/aromatic N) is 1. The maximum atomic E-state index is 13.9. The van der Waals surface area contributed by atoms with Gasteiger partial charge in [0, 0.05) is 17.3 Å². The molecule has 37 heavy (non-hydrogen) atoms. The lowest BCUT2D eigenvalue weighted by Crippen LogP contribution is -2.39. The molecule has 0 spiro atoms. The molecular weight excluding hydrogens is 496 g/mol. The van der Waals surface area contributed by atoms with Gasteiger partial charge in [0.2, 0.25) is 0 Å². The molecular formula is C27H26N2O7S. The van der Waals surface area contributed by atoms with E-state index in [9.17, 15) is 18.0 Å². The Balaban J connectivity index is 1.81. The van der Waals surface area contributed by atoms with E-state index in [1.54, 1.807) is 19.1 Å². The second-order valence-electron chi connectivity index (χ2n) is 8.20. The van der Waals surface area contributed by atoms with Crippen LogP contribution in [0.3, 0.4) is 0 Å². The van der Waals surface area contributed by atoms with Crippen LogP contribution in [0.4, 0.5) is 11.4 Å². The number of esters is 1. The number of hydrogen-bond acceptors (Lipinski definition) is 7. The van der Waals surface area contributed by atoms with Crippen molar-refractivity contribution in [2.24, 2.45) is 0 Å². The van der Waals surface area contributed by atoms with Crippen LogP contribution in [-0.4, -0.2) is 41.6 Å². The summed E-state index contributed by atoms with van der Waals surface area (Å²) in [6, 6.07) is 18.3. The third-order valence-electron chi connectivity index (χ3n) is 6.00. The molecule has 0 aromatic heterocycles. The zero-order valence-corrected chi connectivity index (χ0v) is 21.6. The molecule has 0 saturated heterocycles. The normalized spacial score (nSPS) is 14.0. The number of hydrogen-bond donors (Lipinski definition) is 1. The van der Waals surface area contributed by atoms with Crippen molar-refractivity contribution in [1.29, 1.82) is 0 Å². The lowest BCUT2D eigenvalue weighted by atomic mass is 10.0. The number of benzene rings is 3. The maximum Gasteiger partial charge on any atom is 0.337 e. The van der Waals surface area contributed by atoms with Crippen LogP contribution in [0, 0.1) is 0 Å². The Hall–Kier alpha value is -4.31. The highest BCUT2D eigenvalue weighted by molar-refractivity contribution is 7.97. The minimum Gasteiger partial charge on any atom is -0.493 e. The van der Waals surface area contributed by atoms with Crippen LogP contribution in [0.25, 0.3) is 5.57 Å². The van der Waals surface area contributed by atoms with E-state index in [0.717, 1.165) is 5.56 Å². The predicted molar refractivity (Wildman–Crippen MR) is 140 cm³/mol. The summed E-state index contributed by atoms with van der Waals surface area (Å²) in [7, 11) is -0.0647. The summed E-state index contributed by atoms with van der Waals surface area (Å²) in [4.78, 5) is 24.7. The Morgan fingerprint density at radius 1 is 0.892 bits per heavy atom. The number of anilines is 2. The van der Waals surface area contributed by atoms with Crippen molar-refractivity contribution in [2.45, 2.75) is 13.5 Å². The number of carbonyl (C=O) groups is 2. The van der Waals surface area contributed by atoms with Gasteiger partial charge in [-0.1, -0.05) is 30.3 Å². The number of rotatable bonds is 7. The summed E-state index contributed by atoms with van der Waals surface area (Å²) in [6.07, 6.45) is 0. The molecule has 4 rings (SSSR count). The van der Waals surface area contributed by atoms with Crippen LogP contribution in [0.5, 0.6) is 11.5 Å². The molecule has 192 valence electrons. The molecule has 1 aliphatic heterocycles. The van der Waals surface area contributed by atoms with Crippen molar-refractivity contribution in [1.82, 2.24) is 0 Å². The van der Waals surface area contributed by atoms with E-state index in [4.69, 9.17) is 9.47 Å². The minimum atomic E-state index is -4.28. The monoisotopic (exact) mass is 522 g/mol. The lowest BCUT2D eigenvalue weighted by Gasteiger charge is -2.33. The van der Waals surface area contributed by atoms with Gasteiger partial charge in [-0.25, -0.2) is 13.2 Å². The summed E-state index contributed by atoms with van der Waals surface area (Å²) in [6.45, 7) is 1.58. The SMILES string of the molecule is COC(=O)c1ccc(NC(=O)C2=C(C)c3cc(OC)c(OC)cc3N(Cc3ccccc3)S2(=O)=O)cc1. The summed E-state index contributed by atoms with van der Waals surface area (Å²) in [5.74, 6) is -0.565. The number of methoxy groups -OCH3 is 3. The molecule has 1 heterocycles. The molecule has 0 saturated carbocycles. The fraction of sp³-hybridized carbons (Fsp3) is 0.185. The second-order valence-corrected chi connectivity index (χ2v) is 10.00. The van der Waals surface area contributed by atoms with Gasteiger partial charge < -0.3 is 19.5 Å². The summed E-state index contributed by atoms with van der Waals surface area (Å²) < 4.78 is 44.6. The van der Waals surface area contributed by atoms with Gasteiger partial charge in [0.15, 0.2) is 16.4 Å². The topological polar surface area (TPSA) is 111 Å². The quantitative estimate of drug-likeness (QED) is 0.463. The van der Waals surface area contributed by atoms with Crippen molar-refractivity contribution >= 4 is 38.8 Å². The van der Waals surface area contributed by atoms with Gasteiger partial charge in [-0.3, -0.25) is 9.10 Å². The van der Waals surface area contributed by atoms with Crippen molar-refractivity contribution < 1.29 is 32.2 Å². The van der Waals surface area contributed by atoms with Crippen molar-refractivity contribution in [3.05, 3.63) is 88.3 Å². The van der Waals surface area contributed by atoms with Gasteiger partial charge >= 0.3 is 5.97 Å². The lowest BCUT2D eigenvalue weighted by molar-refractivity contribution is -0.112.